The zero-order chi connectivity index (χ0) is 15.7. The molecule has 1 fully saturated rings. The van der Waals surface area contributed by atoms with Gasteiger partial charge in [0, 0.05) is 5.69 Å². The van der Waals surface area contributed by atoms with Gasteiger partial charge in [0.05, 0.1) is 0 Å². The molecule has 0 bridgehead atoms. The third-order valence-corrected chi connectivity index (χ3v) is 4.22. The summed E-state index contributed by atoms with van der Waals surface area (Å²) in [7, 11) is 0. The molecule has 1 aromatic rings. The van der Waals surface area contributed by atoms with Gasteiger partial charge < -0.3 is 16.3 Å². The summed E-state index contributed by atoms with van der Waals surface area (Å²) in [6.45, 7) is 6.29. The molecule has 0 spiro atoms. The van der Waals surface area contributed by atoms with Crippen molar-refractivity contribution >= 4 is 17.4 Å². The Labute approximate surface area is 125 Å². The van der Waals surface area contributed by atoms with E-state index in [2.05, 4.69) is 31.2 Å². The molecule has 0 atom stereocenters. The predicted molar refractivity (Wildman–Crippen MR) is 83.5 cm³/mol. The van der Waals surface area contributed by atoms with Crippen molar-refractivity contribution in [3.05, 3.63) is 29.8 Å². The van der Waals surface area contributed by atoms with E-state index < -0.39 is 5.41 Å². The van der Waals surface area contributed by atoms with Crippen LogP contribution in [0.1, 0.15) is 45.6 Å². The Morgan fingerprint density at radius 1 is 1.33 bits per heavy atom. The summed E-state index contributed by atoms with van der Waals surface area (Å²) in [4.78, 5) is 12.6. The molecule has 0 heterocycles. The lowest BCUT2D eigenvalue weighted by atomic mass is 9.67. The number of anilines is 1. The maximum Gasteiger partial charge on any atom is 0.238 e. The minimum Gasteiger partial charge on any atom is -0.409 e. The third kappa shape index (κ3) is 2.73. The Bertz CT molecular complexity index is 569. The number of benzene rings is 1. The smallest absolute Gasteiger partial charge is 0.238 e. The highest BCUT2D eigenvalue weighted by atomic mass is 16.4. The molecule has 1 saturated carbocycles. The lowest BCUT2D eigenvalue weighted by Crippen LogP contribution is -2.51. The van der Waals surface area contributed by atoms with E-state index in [9.17, 15) is 4.79 Å². The quantitative estimate of drug-likeness (QED) is 0.346. The summed E-state index contributed by atoms with van der Waals surface area (Å²) >= 11 is 0. The zero-order valence-electron chi connectivity index (χ0n) is 12.8. The van der Waals surface area contributed by atoms with Crippen molar-refractivity contribution in [3.63, 3.8) is 0 Å². The maximum absolute atomic E-state index is 12.6. The van der Waals surface area contributed by atoms with E-state index >= 15 is 0 Å². The molecule has 5 nitrogen and oxygen atoms in total. The lowest BCUT2D eigenvalue weighted by Gasteiger charge is -2.39. The summed E-state index contributed by atoms with van der Waals surface area (Å²) in [6, 6.07) is 7.74. The summed E-state index contributed by atoms with van der Waals surface area (Å²) in [5, 5.41) is 14.9. The second kappa shape index (κ2) is 5.39. The van der Waals surface area contributed by atoms with Crippen molar-refractivity contribution in [3.8, 4) is 0 Å². The number of carbonyl (C=O) groups excluding carboxylic acids is 1. The Balaban J connectivity index is 2.29. The molecule has 114 valence electrons. The number of hydrogen-bond donors (Lipinski definition) is 3. The molecule has 0 saturated heterocycles. The van der Waals surface area contributed by atoms with Gasteiger partial charge in [-0.25, -0.2) is 0 Å². The summed E-state index contributed by atoms with van der Waals surface area (Å²) in [5.41, 5.74) is 6.64. The second-order valence-electron chi connectivity index (χ2n) is 6.67. The molecule has 0 aromatic heterocycles. The maximum atomic E-state index is 12.6. The van der Waals surface area contributed by atoms with Crippen LogP contribution in [-0.4, -0.2) is 17.0 Å². The molecule has 21 heavy (non-hydrogen) atoms. The molecule has 5 heteroatoms. The third-order valence-electron chi connectivity index (χ3n) is 4.22. The molecule has 0 radical (unpaired) electrons. The van der Waals surface area contributed by atoms with Crippen LogP contribution < -0.4 is 11.1 Å². The topological polar surface area (TPSA) is 87.7 Å². The number of carbonyl (C=O) groups is 1. The zero-order valence-corrected chi connectivity index (χ0v) is 12.8. The van der Waals surface area contributed by atoms with Gasteiger partial charge in [-0.2, -0.15) is 0 Å². The fourth-order valence-corrected chi connectivity index (χ4v) is 2.71. The first-order chi connectivity index (χ1) is 9.81. The standard InChI is InChI=1S/C16H23N3O2/c1-15(2,3)11-7-4-5-8-12(11)18-14(20)16(9-6-10-16)13(17)19-21/h4-5,7-8,21H,6,9-10H2,1-3H3,(H2,17,19)(H,18,20). The number of nitrogens with one attached hydrogen (secondary N) is 1. The molecule has 0 aliphatic heterocycles. The van der Waals surface area contributed by atoms with E-state index in [-0.39, 0.29) is 17.2 Å². The predicted octanol–water partition coefficient (Wildman–Crippen LogP) is 2.84. The Morgan fingerprint density at radius 3 is 2.43 bits per heavy atom. The summed E-state index contributed by atoms with van der Waals surface area (Å²) in [5.74, 6) is -0.194. The van der Waals surface area contributed by atoms with Gasteiger partial charge in [-0.1, -0.05) is 50.5 Å². The van der Waals surface area contributed by atoms with E-state index in [1.54, 1.807) is 0 Å². The highest BCUT2D eigenvalue weighted by Gasteiger charge is 2.48. The van der Waals surface area contributed by atoms with Crippen LogP contribution in [0.4, 0.5) is 5.69 Å². The van der Waals surface area contributed by atoms with Crippen LogP contribution in [0.3, 0.4) is 0 Å². The van der Waals surface area contributed by atoms with E-state index in [1.165, 1.54) is 0 Å². The minimum atomic E-state index is -0.861. The van der Waals surface area contributed by atoms with E-state index in [1.807, 2.05) is 24.3 Å². The van der Waals surface area contributed by atoms with Crippen molar-refractivity contribution in [1.29, 1.82) is 0 Å². The van der Waals surface area contributed by atoms with E-state index in [0.29, 0.717) is 12.8 Å². The van der Waals surface area contributed by atoms with Crippen LogP contribution in [0.15, 0.2) is 29.4 Å². The van der Waals surface area contributed by atoms with Gasteiger partial charge in [0.25, 0.3) is 0 Å². The first-order valence-electron chi connectivity index (χ1n) is 7.20. The molecule has 1 aliphatic rings. The molecule has 1 aliphatic carbocycles. The van der Waals surface area contributed by atoms with Crippen LogP contribution in [0.25, 0.3) is 0 Å². The Hall–Kier alpha value is -2.04. The number of rotatable bonds is 3. The average Bonchev–Trinajstić information content (AvgIpc) is 2.36. The van der Waals surface area contributed by atoms with Crippen LogP contribution in [-0.2, 0) is 10.2 Å². The van der Waals surface area contributed by atoms with Crippen molar-refractivity contribution in [2.45, 2.75) is 45.4 Å². The van der Waals surface area contributed by atoms with Crippen molar-refractivity contribution in [2.75, 3.05) is 5.32 Å². The SMILES string of the molecule is CC(C)(C)c1ccccc1NC(=O)C1(/C(N)=N/O)CCC1. The fraction of sp³-hybridized carbons (Fsp3) is 0.500. The van der Waals surface area contributed by atoms with Gasteiger partial charge in [0.15, 0.2) is 5.84 Å². The molecular formula is C16H23N3O2. The van der Waals surface area contributed by atoms with Gasteiger partial charge in [-0.3, -0.25) is 4.79 Å². The number of amidine groups is 1. The van der Waals surface area contributed by atoms with Crippen LogP contribution >= 0.6 is 0 Å². The number of para-hydroxylation sites is 1. The minimum absolute atomic E-state index is 0.000472. The van der Waals surface area contributed by atoms with Crippen LogP contribution in [0.5, 0.6) is 0 Å². The molecule has 2 rings (SSSR count). The first-order valence-corrected chi connectivity index (χ1v) is 7.20. The summed E-state index contributed by atoms with van der Waals surface area (Å²) in [6.07, 6.45) is 2.14. The second-order valence-corrected chi connectivity index (χ2v) is 6.67. The average molecular weight is 289 g/mol. The number of amides is 1. The molecule has 0 unspecified atom stereocenters. The lowest BCUT2D eigenvalue weighted by molar-refractivity contribution is -0.125. The summed E-state index contributed by atoms with van der Waals surface area (Å²) < 4.78 is 0. The van der Waals surface area contributed by atoms with Crippen LogP contribution in [0.2, 0.25) is 0 Å². The number of oxime groups is 1. The number of hydrogen-bond acceptors (Lipinski definition) is 3. The first kappa shape index (κ1) is 15.4. The van der Waals surface area contributed by atoms with Crippen LogP contribution in [0, 0.1) is 5.41 Å². The molecule has 1 amide bonds. The van der Waals surface area contributed by atoms with E-state index in [0.717, 1.165) is 17.7 Å². The highest BCUT2D eigenvalue weighted by Crippen LogP contribution is 2.42. The van der Waals surface area contributed by atoms with E-state index in [4.69, 9.17) is 10.9 Å². The van der Waals surface area contributed by atoms with Gasteiger partial charge in [0.2, 0.25) is 5.91 Å². The van der Waals surface area contributed by atoms with Crippen molar-refractivity contribution in [1.82, 2.24) is 0 Å². The Morgan fingerprint density at radius 2 is 1.95 bits per heavy atom. The molecule has 1 aromatic carbocycles. The van der Waals surface area contributed by atoms with Gasteiger partial charge in [0.1, 0.15) is 5.41 Å². The highest BCUT2D eigenvalue weighted by molar-refractivity contribution is 6.12. The molecule has 4 N–H and O–H groups in total. The number of nitrogens with zero attached hydrogens (tertiary/aromatic N) is 1. The fourth-order valence-electron chi connectivity index (χ4n) is 2.71. The van der Waals surface area contributed by atoms with Crippen molar-refractivity contribution < 1.29 is 10.0 Å². The Kier molecular flexibility index (Phi) is 3.94. The largest absolute Gasteiger partial charge is 0.409 e. The monoisotopic (exact) mass is 289 g/mol. The van der Waals surface area contributed by atoms with Gasteiger partial charge in [-0.05, 0) is 29.9 Å². The van der Waals surface area contributed by atoms with Gasteiger partial charge in [-0.15, -0.1) is 0 Å². The number of nitrogens with two attached hydrogens (primary N) is 1. The van der Waals surface area contributed by atoms with Gasteiger partial charge >= 0.3 is 0 Å². The normalized spacial score (nSPS) is 18.0. The van der Waals surface area contributed by atoms with Crippen molar-refractivity contribution in [2.24, 2.45) is 16.3 Å². The molecular weight excluding hydrogens is 266 g/mol.